The van der Waals surface area contributed by atoms with Gasteiger partial charge < -0.3 is 25.1 Å². The standard InChI is InChI=1S/C30H36N2O4S/c1-35-26-15-12-23(13-16-26)9-6-4-2-3-5-7-20-36-29-18-14-25(32-28(29)17-19-30(33)34)22-37-27-11-8-10-24(31)21-27/h8,10-19,21H,2-7,9,20,22,31H2,1H3,(H,33,34)/p-1/b19-17+. The quantitative estimate of drug-likeness (QED) is 0.112. The molecule has 0 amide bonds. The number of hydrogen-bond acceptors (Lipinski definition) is 7. The Hall–Kier alpha value is -3.45. The largest absolute Gasteiger partial charge is 0.545 e. The van der Waals surface area contributed by atoms with Crippen molar-refractivity contribution in [1.82, 2.24) is 4.98 Å². The van der Waals surface area contributed by atoms with E-state index in [0.717, 1.165) is 41.7 Å². The number of nitrogens with zero attached hydrogens (tertiary/aromatic N) is 1. The number of methoxy groups -OCH3 is 1. The van der Waals surface area contributed by atoms with Gasteiger partial charge >= 0.3 is 0 Å². The number of rotatable bonds is 16. The number of carboxylic acid groups (broad SMARTS) is 1. The van der Waals surface area contributed by atoms with E-state index in [4.69, 9.17) is 15.2 Å². The summed E-state index contributed by atoms with van der Waals surface area (Å²) in [4.78, 5) is 16.6. The van der Waals surface area contributed by atoms with Crippen molar-refractivity contribution in [2.75, 3.05) is 19.5 Å². The molecule has 0 saturated carbocycles. The maximum Gasteiger partial charge on any atom is 0.144 e. The second-order valence-corrected chi connectivity index (χ2v) is 9.82. The Balaban J connectivity index is 1.38. The summed E-state index contributed by atoms with van der Waals surface area (Å²) in [5.41, 5.74) is 9.23. The number of carboxylic acids is 1. The summed E-state index contributed by atoms with van der Waals surface area (Å²) >= 11 is 1.62. The van der Waals surface area contributed by atoms with E-state index in [9.17, 15) is 9.90 Å². The van der Waals surface area contributed by atoms with Gasteiger partial charge in [-0.2, -0.15) is 0 Å². The molecular weight excluding hydrogens is 484 g/mol. The molecule has 1 heterocycles. The van der Waals surface area contributed by atoms with Crippen LogP contribution in [0.2, 0.25) is 0 Å². The van der Waals surface area contributed by atoms with Gasteiger partial charge in [0.1, 0.15) is 17.2 Å². The molecule has 3 rings (SSSR count). The number of aromatic nitrogens is 1. The highest BCUT2D eigenvalue weighted by molar-refractivity contribution is 7.98. The molecule has 2 N–H and O–H groups in total. The van der Waals surface area contributed by atoms with Crippen molar-refractivity contribution >= 4 is 29.5 Å². The smallest absolute Gasteiger partial charge is 0.144 e. The van der Waals surface area contributed by atoms with Crippen LogP contribution in [-0.2, 0) is 17.0 Å². The Morgan fingerprint density at radius 2 is 1.76 bits per heavy atom. The number of thioether (sulfide) groups is 1. The predicted octanol–water partition coefficient (Wildman–Crippen LogP) is 5.69. The summed E-state index contributed by atoms with van der Waals surface area (Å²) in [5.74, 6) is 0.843. The molecular formula is C30H35N2O4S-. The van der Waals surface area contributed by atoms with E-state index in [1.54, 1.807) is 18.9 Å². The van der Waals surface area contributed by atoms with Crippen molar-refractivity contribution in [3.8, 4) is 11.5 Å². The fraction of sp³-hybridized carbons (Fsp3) is 0.333. The summed E-state index contributed by atoms with van der Waals surface area (Å²) < 4.78 is 11.1. The first-order chi connectivity index (χ1) is 18.0. The van der Waals surface area contributed by atoms with Crippen molar-refractivity contribution in [3.05, 3.63) is 83.7 Å². The van der Waals surface area contributed by atoms with E-state index in [1.807, 2.05) is 48.5 Å². The molecule has 0 aliphatic rings. The Kier molecular flexibility index (Phi) is 11.9. The molecule has 196 valence electrons. The van der Waals surface area contributed by atoms with Gasteiger partial charge in [0, 0.05) is 16.3 Å². The molecule has 2 aromatic carbocycles. The average Bonchev–Trinajstić information content (AvgIpc) is 2.90. The van der Waals surface area contributed by atoms with Crippen LogP contribution in [0.5, 0.6) is 11.5 Å². The number of pyridine rings is 1. The van der Waals surface area contributed by atoms with Gasteiger partial charge in [0.25, 0.3) is 0 Å². The second-order valence-electron chi connectivity index (χ2n) is 8.77. The van der Waals surface area contributed by atoms with E-state index in [1.165, 1.54) is 37.3 Å². The van der Waals surface area contributed by atoms with Crippen molar-refractivity contribution in [3.63, 3.8) is 0 Å². The third-order valence-corrected chi connectivity index (χ3v) is 6.87. The predicted molar refractivity (Wildman–Crippen MR) is 149 cm³/mol. The Morgan fingerprint density at radius 3 is 2.49 bits per heavy atom. The fourth-order valence-corrected chi connectivity index (χ4v) is 4.72. The summed E-state index contributed by atoms with van der Waals surface area (Å²) in [6.45, 7) is 0.567. The highest BCUT2D eigenvalue weighted by atomic mass is 32.2. The summed E-state index contributed by atoms with van der Waals surface area (Å²) in [7, 11) is 1.69. The van der Waals surface area contributed by atoms with Gasteiger partial charge in [-0.15, -0.1) is 11.8 Å². The number of carbonyl (C=O) groups excluding carboxylic acids is 1. The molecule has 0 aliphatic heterocycles. The Labute approximate surface area is 223 Å². The van der Waals surface area contributed by atoms with Gasteiger partial charge in [-0.3, -0.25) is 0 Å². The van der Waals surface area contributed by atoms with Gasteiger partial charge in [0.15, 0.2) is 0 Å². The molecule has 0 spiro atoms. The number of ether oxygens (including phenoxy) is 2. The van der Waals surface area contributed by atoms with Crippen molar-refractivity contribution in [2.24, 2.45) is 0 Å². The molecule has 0 atom stereocenters. The molecule has 0 radical (unpaired) electrons. The maximum atomic E-state index is 10.9. The lowest BCUT2D eigenvalue weighted by Gasteiger charge is -2.11. The zero-order valence-electron chi connectivity index (χ0n) is 21.4. The lowest BCUT2D eigenvalue weighted by molar-refractivity contribution is -0.297. The number of nitrogen functional groups attached to an aromatic ring is 1. The minimum Gasteiger partial charge on any atom is -0.545 e. The zero-order valence-corrected chi connectivity index (χ0v) is 22.2. The number of aryl methyl sites for hydroxylation is 1. The molecule has 0 unspecified atom stereocenters. The Morgan fingerprint density at radius 1 is 1.00 bits per heavy atom. The number of anilines is 1. The highest BCUT2D eigenvalue weighted by Crippen LogP contribution is 2.26. The summed E-state index contributed by atoms with van der Waals surface area (Å²) in [5, 5.41) is 10.9. The van der Waals surface area contributed by atoms with Gasteiger partial charge in [-0.25, -0.2) is 4.98 Å². The van der Waals surface area contributed by atoms with Crippen LogP contribution in [0.15, 0.2) is 71.6 Å². The zero-order chi connectivity index (χ0) is 26.3. The number of aliphatic carboxylic acids is 1. The van der Waals surface area contributed by atoms with Crippen LogP contribution in [0, 0.1) is 0 Å². The van der Waals surface area contributed by atoms with Crippen LogP contribution in [-0.4, -0.2) is 24.7 Å². The minimum atomic E-state index is -1.26. The van der Waals surface area contributed by atoms with Gasteiger partial charge in [0.05, 0.1) is 25.4 Å². The van der Waals surface area contributed by atoms with Crippen LogP contribution in [0.3, 0.4) is 0 Å². The second kappa shape index (κ2) is 15.6. The molecule has 0 aliphatic carbocycles. The molecule has 3 aromatic rings. The van der Waals surface area contributed by atoms with E-state index >= 15 is 0 Å². The molecule has 7 heteroatoms. The van der Waals surface area contributed by atoms with Crippen molar-refractivity contribution in [1.29, 1.82) is 0 Å². The van der Waals surface area contributed by atoms with E-state index in [2.05, 4.69) is 17.1 Å². The van der Waals surface area contributed by atoms with E-state index < -0.39 is 5.97 Å². The number of nitrogens with two attached hydrogens (primary N) is 1. The van der Waals surface area contributed by atoms with Gasteiger partial charge in [0.2, 0.25) is 0 Å². The van der Waals surface area contributed by atoms with Crippen LogP contribution in [0.1, 0.15) is 55.5 Å². The third-order valence-electron chi connectivity index (χ3n) is 5.84. The lowest BCUT2D eigenvalue weighted by atomic mass is 10.0. The molecule has 37 heavy (non-hydrogen) atoms. The fourth-order valence-electron chi connectivity index (χ4n) is 3.85. The lowest BCUT2D eigenvalue weighted by Crippen LogP contribution is -2.18. The highest BCUT2D eigenvalue weighted by Gasteiger charge is 2.07. The molecule has 0 bridgehead atoms. The van der Waals surface area contributed by atoms with E-state index in [0.29, 0.717) is 29.5 Å². The number of benzene rings is 2. The first-order valence-electron chi connectivity index (χ1n) is 12.7. The number of hydrogen-bond donors (Lipinski definition) is 1. The maximum absolute atomic E-state index is 10.9. The van der Waals surface area contributed by atoms with Crippen LogP contribution < -0.4 is 20.3 Å². The SMILES string of the molecule is COc1ccc(CCCCCCCCOc2ccc(CSc3cccc(N)c3)nc2/C=C/C(=O)[O-])cc1. The summed E-state index contributed by atoms with van der Waals surface area (Å²) in [6, 6.07) is 19.7. The Bertz CT molecular complexity index is 1150. The molecule has 6 nitrogen and oxygen atoms in total. The molecule has 1 aromatic heterocycles. The van der Waals surface area contributed by atoms with Crippen LogP contribution in [0.4, 0.5) is 5.69 Å². The number of carbonyl (C=O) groups is 1. The first-order valence-corrected chi connectivity index (χ1v) is 13.6. The van der Waals surface area contributed by atoms with Crippen LogP contribution >= 0.6 is 11.8 Å². The van der Waals surface area contributed by atoms with Gasteiger partial charge in [-0.1, -0.05) is 43.9 Å². The monoisotopic (exact) mass is 519 g/mol. The third kappa shape index (κ3) is 10.6. The topological polar surface area (TPSA) is 97.5 Å². The van der Waals surface area contributed by atoms with Gasteiger partial charge in [-0.05, 0) is 79.4 Å². The molecule has 0 fully saturated rings. The van der Waals surface area contributed by atoms with E-state index in [-0.39, 0.29) is 0 Å². The van der Waals surface area contributed by atoms with Crippen molar-refractivity contribution < 1.29 is 19.4 Å². The number of unbranched alkanes of at least 4 members (excludes halogenated alkanes) is 5. The minimum absolute atomic E-state index is 0.494. The average molecular weight is 520 g/mol. The van der Waals surface area contributed by atoms with Crippen molar-refractivity contribution in [2.45, 2.75) is 55.6 Å². The first kappa shape index (κ1) is 28.1. The molecule has 0 saturated heterocycles. The normalized spacial score (nSPS) is 11.1. The van der Waals surface area contributed by atoms with Crippen LogP contribution in [0.25, 0.3) is 6.08 Å². The summed E-state index contributed by atoms with van der Waals surface area (Å²) in [6.07, 6.45) is 10.3.